The van der Waals surface area contributed by atoms with Gasteiger partial charge in [0.05, 0.1) is 17.9 Å². The van der Waals surface area contributed by atoms with E-state index in [1.165, 1.54) is 23.9 Å². The number of esters is 1. The van der Waals surface area contributed by atoms with Gasteiger partial charge in [-0.05, 0) is 55.3 Å². The normalized spacial score (nSPS) is 17.0. The smallest absolute Gasteiger partial charge is 0.338 e. The number of halogens is 1. The number of thioether (sulfide) groups is 1. The highest BCUT2D eigenvalue weighted by molar-refractivity contribution is 8.00. The van der Waals surface area contributed by atoms with Crippen LogP contribution in [0.15, 0.2) is 42.5 Å². The van der Waals surface area contributed by atoms with Crippen LogP contribution in [0.1, 0.15) is 33.8 Å². The summed E-state index contributed by atoms with van der Waals surface area (Å²) in [5.41, 5.74) is 2.89. The van der Waals surface area contributed by atoms with Crippen molar-refractivity contribution in [2.45, 2.75) is 19.2 Å². The molecule has 4 nitrogen and oxygen atoms in total. The van der Waals surface area contributed by atoms with E-state index in [9.17, 15) is 14.0 Å². The van der Waals surface area contributed by atoms with Crippen LogP contribution in [0.4, 0.5) is 10.1 Å². The topological polar surface area (TPSA) is 46.6 Å². The first kappa shape index (κ1) is 17.5. The van der Waals surface area contributed by atoms with Crippen molar-refractivity contribution in [3.8, 4) is 0 Å². The second-order valence-corrected chi connectivity index (χ2v) is 6.77. The third-order valence-corrected chi connectivity index (χ3v) is 5.20. The average molecular weight is 359 g/mol. The number of ether oxygens (including phenoxy) is 1. The molecule has 1 unspecified atom stereocenters. The Bertz CT molecular complexity index is 807. The largest absolute Gasteiger partial charge is 0.462 e. The van der Waals surface area contributed by atoms with Crippen molar-refractivity contribution in [2.24, 2.45) is 0 Å². The van der Waals surface area contributed by atoms with Crippen LogP contribution in [-0.2, 0) is 9.53 Å². The second-order valence-electron chi connectivity index (χ2n) is 5.70. The van der Waals surface area contributed by atoms with Gasteiger partial charge < -0.3 is 4.74 Å². The van der Waals surface area contributed by atoms with Gasteiger partial charge in [-0.3, -0.25) is 9.69 Å². The van der Waals surface area contributed by atoms with Gasteiger partial charge in [-0.15, -0.1) is 11.8 Å². The Kier molecular flexibility index (Phi) is 5.08. The van der Waals surface area contributed by atoms with Crippen molar-refractivity contribution >= 4 is 29.3 Å². The van der Waals surface area contributed by atoms with Gasteiger partial charge in [-0.1, -0.05) is 12.1 Å². The number of rotatable bonds is 4. The van der Waals surface area contributed by atoms with Crippen LogP contribution in [0.3, 0.4) is 0 Å². The first-order valence-corrected chi connectivity index (χ1v) is 9.03. The molecule has 0 aliphatic carbocycles. The van der Waals surface area contributed by atoms with Crippen molar-refractivity contribution in [2.75, 3.05) is 17.3 Å². The van der Waals surface area contributed by atoms with E-state index >= 15 is 0 Å². The summed E-state index contributed by atoms with van der Waals surface area (Å²) in [7, 11) is 0. The molecular weight excluding hydrogens is 341 g/mol. The molecule has 0 aromatic heterocycles. The Labute approximate surface area is 150 Å². The van der Waals surface area contributed by atoms with Crippen LogP contribution in [0.5, 0.6) is 0 Å². The summed E-state index contributed by atoms with van der Waals surface area (Å²) in [5.74, 6) is -0.332. The lowest BCUT2D eigenvalue weighted by atomic mass is 10.1. The van der Waals surface area contributed by atoms with Crippen LogP contribution in [0, 0.1) is 12.7 Å². The molecule has 6 heteroatoms. The van der Waals surface area contributed by atoms with Gasteiger partial charge in [0.15, 0.2) is 0 Å². The minimum atomic E-state index is -0.380. The summed E-state index contributed by atoms with van der Waals surface area (Å²) in [6.07, 6.45) is 0. The molecule has 0 bridgehead atoms. The molecule has 1 atom stereocenters. The van der Waals surface area contributed by atoms with Gasteiger partial charge in [0.1, 0.15) is 11.2 Å². The first-order valence-electron chi connectivity index (χ1n) is 7.98. The number of anilines is 1. The Hall–Kier alpha value is -2.34. The molecular formula is C19H18FNO3S. The molecule has 1 aliphatic heterocycles. The van der Waals surface area contributed by atoms with Crippen LogP contribution in [0.2, 0.25) is 0 Å². The maximum Gasteiger partial charge on any atom is 0.338 e. The Morgan fingerprint density at radius 1 is 1.28 bits per heavy atom. The van der Waals surface area contributed by atoms with Gasteiger partial charge in [0.2, 0.25) is 5.91 Å². The van der Waals surface area contributed by atoms with E-state index in [4.69, 9.17) is 4.74 Å². The number of benzene rings is 2. The number of carbonyl (C=O) groups excluding carboxylic acids is 2. The molecule has 2 aromatic rings. The van der Waals surface area contributed by atoms with Crippen molar-refractivity contribution in [3.63, 3.8) is 0 Å². The van der Waals surface area contributed by atoms with Crippen molar-refractivity contribution in [3.05, 3.63) is 65.0 Å². The quantitative estimate of drug-likeness (QED) is 0.772. The molecule has 1 saturated heterocycles. The van der Waals surface area contributed by atoms with Gasteiger partial charge in [-0.25, -0.2) is 9.18 Å². The zero-order valence-corrected chi connectivity index (χ0v) is 14.8. The van der Waals surface area contributed by atoms with E-state index in [1.807, 2.05) is 6.92 Å². The molecule has 0 saturated carbocycles. The maximum absolute atomic E-state index is 13.2. The Morgan fingerprint density at radius 2 is 2.00 bits per heavy atom. The predicted octanol–water partition coefficient (Wildman–Crippen LogP) is 4.09. The highest BCUT2D eigenvalue weighted by atomic mass is 32.2. The lowest BCUT2D eigenvalue weighted by Crippen LogP contribution is -2.28. The monoisotopic (exact) mass is 359 g/mol. The Balaban J connectivity index is 1.94. The summed E-state index contributed by atoms with van der Waals surface area (Å²) < 4.78 is 18.2. The number of hydrogen-bond donors (Lipinski definition) is 0. The number of amides is 1. The van der Waals surface area contributed by atoms with E-state index in [0.29, 0.717) is 17.9 Å². The molecule has 130 valence electrons. The lowest BCUT2D eigenvalue weighted by molar-refractivity contribution is -0.115. The zero-order chi connectivity index (χ0) is 18.0. The van der Waals surface area contributed by atoms with Crippen LogP contribution < -0.4 is 4.90 Å². The van der Waals surface area contributed by atoms with Gasteiger partial charge >= 0.3 is 5.97 Å². The summed E-state index contributed by atoms with van der Waals surface area (Å²) in [5, 5.41) is -0.208. The molecule has 0 N–H and O–H groups in total. The number of hydrogen-bond acceptors (Lipinski definition) is 4. The predicted molar refractivity (Wildman–Crippen MR) is 96.2 cm³/mol. The van der Waals surface area contributed by atoms with E-state index in [1.54, 1.807) is 42.2 Å². The van der Waals surface area contributed by atoms with Crippen molar-refractivity contribution in [1.82, 2.24) is 0 Å². The molecule has 3 rings (SSSR count). The Morgan fingerprint density at radius 3 is 2.64 bits per heavy atom. The standard InChI is InChI=1S/C19H18FNO3S/c1-3-24-19(23)14-6-9-16(12(2)10-14)21-17(22)11-25-18(21)13-4-7-15(20)8-5-13/h4-10,18H,3,11H2,1-2H3. The number of nitrogens with zero attached hydrogens (tertiary/aromatic N) is 1. The van der Waals surface area contributed by atoms with E-state index in [2.05, 4.69) is 0 Å². The van der Waals surface area contributed by atoms with E-state index < -0.39 is 0 Å². The maximum atomic E-state index is 13.2. The van der Waals surface area contributed by atoms with Crippen molar-refractivity contribution < 1.29 is 18.7 Å². The molecule has 2 aromatic carbocycles. The zero-order valence-electron chi connectivity index (χ0n) is 14.0. The summed E-state index contributed by atoms with van der Waals surface area (Å²) >= 11 is 1.50. The fourth-order valence-electron chi connectivity index (χ4n) is 2.83. The van der Waals surface area contributed by atoms with E-state index in [0.717, 1.165) is 16.8 Å². The minimum absolute atomic E-state index is 0.00805. The first-order chi connectivity index (χ1) is 12.0. The number of aryl methyl sites for hydroxylation is 1. The van der Waals surface area contributed by atoms with Crippen LogP contribution in [0.25, 0.3) is 0 Å². The third kappa shape index (κ3) is 3.54. The fourth-order valence-corrected chi connectivity index (χ4v) is 3.99. The molecule has 0 radical (unpaired) electrons. The number of carbonyl (C=O) groups is 2. The molecule has 1 heterocycles. The van der Waals surface area contributed by atoms with Gasteiger partial charge in [-0.2, -0.15) is 0 Å². The second kappa shape index (κ2) is 7.27. The molecule has 1 aliphatic rings. The highest BCUT2D eigenvalue weighted by Gasteiger charge is 2.34. The molecule has 1 amide bonds. The van der Waals surface area contributed by atoms with Crippen LogP contribution in [-0.4, -0.2) is 24.2 Å². The van der Waals surface area contributed by atoms with Gasteiger partial charge in [0, 0.05) is 5.69 Å². The van der Waals surface area contributed by atoms with Crippen LogP contribution >= 0.6 is 11.8 Å². The summed E-state index contributed by atoms with van der Waals surface area (Å²) in [4.78, 5) is 26.0. The molecule has 0 spiro atoms. The average Bonchev–Trinajstić information content (AvgIpc) is 2.97. The lowest BCUT2D eigenvalue weighted by Gasteiger charge is -2.26. The SMILES string of the molecule is CCOC(=O)c1ccc(N2C(=O)CSC2c2ccc(F)cc2)c(C)c1. The summed E-state index contributed by atoms with van der Waals surface area (Å²) in [6.45, 7) is 3.93. The summed E-state index contributed by atoms with van der Waals surface area (Å²) in [6, 6.07) is 11.3. The molecule has 25 heavy (non-hydrogen) atoms. The third-order valence-electron chi connectivity index (χ3n) is 3.99. The molecule has 1 fully saturated rings. The highest BCUT2D eigenvalue weighted by Crippen LogP contribution is 2.42. The van der Waals surface area contributed by atoms with E-state index in [-0.39, 0.29) is 23.1 Å². The fraction of sp³-hybridized carbons (Fsp3) is 0.263. The van der Waals surface area contributed by atoms with Gasteiger partial charge in [0.25, 0.3) is 0 Å². The van der Waals surface area contributed by atoms with Crippen molar-refractivity contribution in [1.29, 1.82) is 0 Å². The minimum Gasteiger partial charge on any atom is -0.462 e.